The first-order valence-electron chi connectivity index (χ1n) is 13.9. The van der Waals surface area contributed by atoms with Crippen molar-refractivity contribution in [3.05, 3.63) is 81.3 Å². The number of unbranched alkanes of at least 4 members (excludes halogenated alkanes) is 2. The van der Waals surface area contributed by atoms with Crippen LogP contribution in [0, 0.1) is 24.0 Å². The van der Waals surface area contributed by atoms with Crippen LogP contribution in [0.3, 0.4) is 0 Å². The molecular formula is C29H30N8O6. The Hall–Kier alpha value is -5.27. The maximum atomic E-state index is 12.8. The standard InChI is InChI=1S/C29H30N8O6/c1-19-23-14-15-26(38)35(28(23)31-20(2)30-19)18-21-10-12-22(13-11-21)24-8-4-5-9-25(24)27-32-34-36(33-27)29(39)42-16-6-3-7-17-43-37(40)41/h4-5,8-13H,3,6-7,14-18H2,1-2H3. The number of carbonyl (C=O) groups is 2. The number of hydrogen-bond donors (Lipinski definition) is 0. The number of rotatable bonds is 11. The van der Waals surface area contributed by atoms with Crippen molar-refractivity contribution in [3.8, 4) is 22.5 Å². The van der Waals surface area contributed by atoms with Crippen molar-refractivity contribution in [3.63, 3.8) is 0 Å². The molecule has 0 atom stereocenters. The third kappa shape index (κ3) is 6.97. The van der Waals surface area contributed by atoms with Gasteiger partial charge in [-0.1, -0.05) is 53.3 Å². The topological polar surface area (TPSA) is 168 Å². The molecule has 14 nitrogen and oxygen atoms in total. The number of aromatic nitrogens is 6. The Balaban J connectivity index is 1.25. The predicted molar refractivity (Wildman–Crippen MR) is 153 cm³/mol. The summed E-state index contributed by atoms with van der Waals surface area (Å²) in [6, 6.07) is 15.4. The molecule has 0 saturated heterocycles. The average molecular weight is 587 g/mol. The number of tetrazole rings is 1. The average Bonchev–Trinajstić information content (AvgIpc) is 3.49. The van der Waals surface area contributed by atoms with Gasteiger partial charge in [0.2, 0.25) is 11.7 Å². The minimum absolute atomic E-state index is 0.00143. The summed E-state index contributed by atoms with van der Waals surface area (Å²) in [5, 5.41) is 21.5. The Morgan fingerprint density at radius 2 is 1.72 bits per heavy atom. The Morgan fingerprint density at radius 3 is 2.49 bits per heavy atom. The van der Waals surface area contributed by atoms with Crippen LogP contribution in [0.4, 0.5) is 10.6 Å². The highest BCUT2D eigenvalue weighted by atomic mass is 16.9. The monoisotopic (exact) mass is 586 g/mol. The Kier molecular flexibility index (Phi) is 8.93. The number of aryl methyl sites for hydroxylation is 2. The van der Waals surface area contributed by atoms with E-state index in [0.717, 1.165) is 32.7 Å². The van der Waals surface area contributed by atoms with Crippen LogP contribution in [-0.4, -0.2) is 60.5 Å². The number of nitrogens with zero attached hydrogens (tertiary/aromatic N) is 8. The van der Waals surface area contributed by atoms with Crippen LogP contribution in [0.25, 0.3) is 22.5 Å². The van der Waals surface area contributed by atoms with E-state index in [9.17, 15) is 19.7 Å². The second-order valence-corrected chi connectivity index (χ2v) is 10.0. The number of hydrogen-bond acceptors (Lipinski definition) is 11. The van der Waals surface area contributed by atoms with Gasteiger partial charge in [-0.2, -0.15) is 0 Å². The van der Waals surface area contributed by atoms with E-state index in [2.05, 4.69) is 30.2 Å². The van der Waals surface area contributed by atoms with Gasteiger partial charge >= 0.3 is 6.09 Å². The van der Waals surface area contributed by atoms with Crippen LogP contribution >= 0.6 is 0 Å². The summed E-state index contributed by atoms with van der Waals surface area (Å²) in [6.45, 7) is 4.29. The minimum atomic E-state index is -0.836. The summed E-state index contributed by atoms with van der Waals surface area (Å²) in [6.07, 6.45) is 1.88. The van der Waals surface area contributed by atoms with E-state index < -0.39 is 11.2 Å². The molecule has 1 aliphatic rings. The third-order valence-corrected chi connectivity index (χ3v) is 7.01. The zero-order valence-corrected chi connectivity index (χ0v) is 23.8. The Bertz CT molecular complexity index is 1640. The number of fused-ring (bicyclic) bond motifs is 1. The summed E-state index contributed by atoms with van der Waals surface area (Å²) in [5.41, 5.74) is 5.30. The molecule has 1 amide bonds. The van der Waals surface area contributed by atoms with Gasteiger partial charge in [-0.15, -0.1) is 20.3 Å². The third-order valence-electron chi connectivity index (χ3n) is 7.01. The minimum Gasteiger partial charge on any atom is -0.447 e. The highest BCUT2D eigenvalue weighted by Gasteiger charge is 2.28. The molecule has 2 aromatic carbocycles. The fraction of sp³-hybridized carbons (Fsp3) is 0.345. The van der Waals surface area contributed by atoms with Gasteiger partial charge in [-0.3, -0.25) is 9.69 Å². The van der Waals surface area contributed by atoms with Crippen molar-refractivity contribution >= 4 is 17.8 Å². The van der Waals surface area contributed by atoms with Gasteiger partial charge in [0, 0.05) is 23.2 Å². The van der Waals surface area contributed by atoms with E-state index in [-0.39, 0.29) is 24.9 Å². The molecule has 222 valence electrons. The number of amides is 1. The first-order valence-corrected chi connectivity index (χ1v) is 13.9. The van der Waals surface area contributed by atoms with Crippen molar-refractivity contribution < 1.29 is 24.3 Å². The van der Waals surface area contributed by atoms with Crippen LogP contribution < -0.4 is 4.90 Å². The predicted octanol–water partition coefficient (Wildman–Crippen LogP) is 4.26. The molecule has 0 N–H and O–H groups in total. The molecule has 0 radical (unpaired) electrons. The Labute approximate surface area is 246 Å². The lowest BCUT2D eigenvalue weighted by Crippen LogP contribution is -2.36. The Morgan fingerprint density at radius 1 is 0.977 bits per heavy atom. The van der Waals surface area contributed by atoms with Gasteiger partial charge in [0.15, 0.2) is 0 Å². The highest BCUT2D eigenvalue weighted by Crippen LogP contribution is 2.32. The molecule has 5 rings (SSSR count). The lowest BCUT2D eigenvalue weighted by molar-refractivity contribution is -0.757. The van der Waals surface area contributed by atoms with Crippen molar-refractivity contribution in [2.75, 3.05) is 18.1 Å². The second-order valence-electron chi connectivity index (χ2n) is 10.0. The molecule has 0 saturated carbocycles. The van der Waals surface area contributed by atoms with E-state index >= 15 is 0 Å². The molecule has 0 spiro atoms. The maximum Gasteiger partial charge on any atom is 0.453 e. The molecular weight excluding hydrogens is 556 g/mol. The van der Waals surface area contributed by atoms with Gasteiger partial charge in [0.1, 0.15) is 11.6 Å². The quantitative estimate of drug-likeness (QED) is 0.140. The van der Waals surface area contributed by atoms with Crippen molar-refractivity contribution in [2.45, 2.75) is 52.5 Å². The number of carbonyl (C=O) groups excluding carboxylic acids is 2. The van der Waals surface area contributed by atoms with Crippen LogP contribution in [0.15, 0.2) is 48.5 Å². The lowest BCUT2D eigenvalue weighted by atomic mass is 9.98. The number of benzene rings is 2. The maximum absolute atomic E-state index is 12.8. The molecule has 14 heteroatoms. The first-order chi connectivity index (χ1) is 20.8. The summed E-state index contributed by atoms with van der Waals surface area (Å²) < 4.78 is 5.19. The normalized spacial score (nSPS) is 12.6. The zero-order chi connectivity index (χ0) is 30.3. The molecule has 0 unspecified atom stereocenters. The summed E-state index contributed by atoms with van der Waals surface area (Å²) in [4.78, 5) is 51.2. The van der Waals surface area contributed by atoms with Crippen LogP contribution in [0.2, 0.25) is 0 Å². The molecule has 0 fully saturated rings. The van der Waals surface area contributed by atoms with E-state index in [4.69, 9.17) is 4.74 Å². The molecule has 3 heterocycles. The molecule has 0 bridgehead atoms. The van der Waals surface area contributed by atoms with Crippen LogP contribution in [0.1, 0.15) is 48.3 Å². The smallest absolute Gasteiger partial charge is 0.447 e. The van der Waals surface area contributed by atoms with Crippen molar-refractivity contribution in [2.24, 2.45) is 0 Å². The molecule has 43 heavy (non-hydrogen) atoms. The highest BCUT2D eigenvalue weighted by molar-refractivity contribution is 5.95. The fourth-order valence-corrected chi connectivity index (χ4v) is 4.92. The van der Waals surface area contributed by atoms with Crippen LogP contribution in [0.5, 0.6) is 0 Å². The van der Waals surface area contributed by atoms with Crippen LogP contribution in [-0.2, 0) is 27.3 Å². The lowest BCUT2D eigenvalue weighted by Gasteiger charge is -2.29. The molecule has 4 aromatic rings. The van der Waals surface area contributed by atoms with Gasteiger partial charge in [0.05, 0.1) is 19.8 Å². The molecule has 2 aromatic heterocycles. The van der Waals surface area contributed by atoms with Crippen molar-refractivity contribution in [1.29, 1.82) is 0 Å². The largest absolute Gasteiger partial charge is 0.453 e. The molecule has 0 aliphatic carbocycles. The van der Waals surface area contributed by atoms with Crippen molar-refractivity contribution in [1.82, 2.24) is 30.2 Å². The van der Waals surface area contributed by atoms with Gasteiger partial charge < -0.3 is 9.57 Å². The number of anilines is 1. The van der Waals surface area contributed by atoms with E-state index in [0.29, 0.717) is 55.9 Å². The molecule has 1 aliphatic heterocycles. The van der Waals surface area contributed by atoms with E-state index in [1.807, 2.05) is 62.4 Å². The first kappa shape index (κ1) is 29.2. The summed E-state index contributed by atoms with van der Waals surface area (Å²) >= 11 is 0. The van der Waals surface area contributed by atoms with E-state index in [1.54, 1.807) is 4.90 Å². The fourth-order valence-electron chi connectivity index (χ4n) is 4.92. The van der Waals surface area contributed by atoms with Gasteiger partial charge in [-0.25, -0.2) is 14.8 Å². The zero-order valence-electron chi connectivity index (χ0n) is 23.8. The van der Waals surface area contributed by atoms with E-state index in [1.165, 1.54) is 0 Å². The SMILES string of the molecule is Cc1nc(C)c2c(n1)N(Cc1ccc(-c3ccccc3-c3nnn(C(=O)OCCCCCO[N+](=O)[O-])n3)cc1)C(=O)CC2. The number of ether oxygens (including phenoxy) is 1. The summed E-state index contributed by atoms with van der Waals surface area (Å²) in [5.74, 6) is 1.62. The van der Waals surface area contributed by atoms with Gasteiger partial charge in [0.25, 0.3) is 5.09 Å². The summed E-state index contributed by atoms with van der Waals surface area (Å²) in [7, 11) is 0. The second kappa shape index (κ2) is 13.1. The van der Waals surface area contributed by atoms with Gasteiger partial charge in [-0.05, 0) is 61.4 Å².